The predicted octanol–water partition coefficient (Wildman–Crippen LogP) is 5.57. The van der Waals surface area contributed by atoms with Crippen LogP contribution in [0.2, 0.25) is 0 Å². The summed E-state index contributed by atoms with van der Waals surface area (Å²) in [4.78, 5) is 67.0. The Morgan fingerprint density at radius 3 is 1.84 bits per heavy atom. The Hall–Kier alpha value is -5.52. The zero-order valence-electron chi connectivity index (χ0n) is 24.2. The number of nitrogens with one attached hydrogen (secondary N) is 2. The molecule has 2 aromatic heterocycles. The van der Waals surface area contributed by atoms with E-state index in [2.05, 4.69) is 15.0 Å². The summed E-state index contributed by atoms with van der Waals surface area (Å²) in [5.74, 6) is 0.334. The van der Waals surface area contributed by atoms with Gasteiger partial charge in [0.2, 0.25) is 11.8 Å². The maximum atomic E-state index is 12.9. The molecule has 2 fully saturated rings. The molecule has 0 unspecified atom stereocenters. The molecule has 2 saturated heterocycles. The molecular weight excluding hydrogens is 576 g/mol. The van der Waals surface area contributed by atoms with E-state index >= 15 is 0 Å². The lowest BCUT2D eigenvalue weighted by Crippen LogP contribution is -2.35. The monoisotopic (exact) mass is 606 g/mol. The van der Waals surface area contributed by atoms with E-state index in [1.54, 1.807) is 0 Å². The SMILES string of the molecule is O=C(O)N1C(=O)CC[C@H]1c1nc2ccc(CCc3ccc4nc([C@@H]5CCC(=O)N5C(=O)OCc5ccccc5)[nH]c4c3)cc2[nH]1. The van der Waals surface area contributed by atoms with Crippen LogP contribution in [-0.4, -0.2) is 58.8 Å². The van der Waals surface area contributed by atoms with E-state index in [0.29, 0.717) is 30.0 Å². The first-order valence-electron chi connectivity index (χ1n) is 14.9. The van der Waals surface area contributed by atoms with Crippen LogP contribution in [0.25, 0.3) is 22.1 Å². The molecule has 4 heterocycles. The summed E-state index contributed by atoms with van der Waals surface area (Å²) in [6, 6.07) is 20.1. The van der Waals surface area contributed by atoms with Crippen molar-refractivity contribution in [1.82, 2.24) is 29.7 Å². The van der Waals surface area contributed by atoms with Gasteiger partial charge in [-0.1, -0.05) is 42.5 Å². The van der Waals surface area contributed by atoms with Crippen molar-refractivity contribution in [3.05, 3.63) is 95.1 Å². The number of imide groups is 2. The van der Waals surface area contributed by atoms with Gasteiger partial charge in [-0.3, -0.25) is 9.59 Å². The second-order valence-corrected chi connectivity index (χ2v) is 11.4. The van der Waals surface area contributed by atoms with Crippen molar-refractivity contribution in [3.8, 4) is 0 Å². The van der Waals surface area contributed by atoms with Crippen LogP contribution in [0.4, 0.5) is 9.59 Å². The van der Waals surface area contributed by atoms with Gasteiger partial charge in [0.05, 0.1) is 22.1 Å². The van der Waals surface area contributed by atoms with E-state index in [9.17, 15) is 24.3 Å². The summed E-state index contributed by atoms with van der Waals surface area (Å²) >= 11 is 0. The summed E-state index contributed by atoms with van der Waals surface area (Å²) in [7, 11) is 0. The third-order valence-corrected chi connectivity index (χ3v) is 8.49. The average molecular weight is 607 g/mol. The zero-order valence-corrected chi connectivity index (χ0v) is 24.2. The number of rotatable bonds is 7. The van der Waals surface area contributed by atoms with E-state index in [0.717, 1.165) is 51.0 Å². The molecule has 0 aliphatic carbocycles. The van der Waals surface area contributed by atoms with Crippen LogP contribution in [0.15, 0.2) is 66.7 Å². The third kappa shape index (κ3) is 5.50. The number of imidazole rings is 2. The van der Waals surface area contributed by atoms with Crippen molar-refractivity contribution < 1.29 is 29.0 Å². The van der Waals surface area contributed by atoms with E-state index in [4.69, 9.17) is 9.72 Å². The maximum absolute atomic E-state index is 12.9. The Kier molecular flexibility index (Phi) is 7.24. The van der Waals surface area contributed by atoms with Crippen LogP contribution in [0.3, 0.4) is 0 Å². The lowest BCUT2D eigenvalue weighted by atomic mass is 10.0. The highest BCUT2D eigenvalue weighted by molar-refractivity contribution is 5.94. The van der Waals surface area contributed by atoms with Gasteiger partial charge in [0.1, 0.15) is 30.3 Å². The minimum atomic E-state index is -1.26. The predicted molar refractivity (Wildman–Crippen MR) is 162 cm³/mol. The van der Waals surface area contributed by atoms with Gasteiger partial charge in [0.15, 0.2) is 0 Å². The highest BCUT2D eigenvalue weighted by atomic mass is 16.6. The highest BCUT2D eigenvalue weighted by Crippen LogP contribution is 2.34. The third-order valence-electron chi connectivity index (χ3n) is 8.49. The lowest BCUT2D eigenvalue weighted by Gasteiger charge is -2.20. The van der Waals surface area contributed by atoms with Gasteiger partial charge < -0.3 is 19.8 Å². The molecule has 228 valence electrons. The molecular formula is C33H30N6O6. The number of nitrogens with zero attached hydrogens (tertiary/aromatic N) is 4. The number of carbonyl (C=O) groups excluding carboxylic acids is 3. The molecule has 3 N–H and O–H groups in total. The first-order chi connectivity index (χ1) is 21.8. The molecule has 2 atom stereocenters. The molecule has 12 nitrogen and oxygen atoms in total. The molecule has 2 aliphatic rings. The van der Waals surface area contributed by atoms with Crippen LogP contribution in [-0.2, 0) is 33.8 Å². The van der Waals surface area contributed by atoms with Gasteiger partial charge in [-0.05, 0) is 66.6 Å². The highest BCUT2D eigenvalue weighted by Gasteiger charge is 2.40. The summed E-state index contributed by atoms with van der Waals surface area (Å²) in [5, 5.41) is 9.46. The Balaban J connectivity index is 1.03. The van der Waals surface area contributed by atoms with Gasteiger partial charge >= 0.3 is 12.2 Å². The number of fused-ring (bicyclic) bond motifs is 2. The summed E-state index contributed by atoms with van der Waals surface area (Å²) in [5.41, 5.74) is 6.08. The van der Waals surface area contributed by atoms with Crippen molar-refractivity contribution in [3.63, 3.8) is 0 Å². The number of benzene rings is 3. The Labute approximate surface area is 257 Å². The minimum Gasteiger partial charge on any atom is -0.465 e. The Bertz CT molecular complexity index is 1950. The Morgan fingerprint density at radius 2 is 1.29 bits per heavy atom. The minimum absolute atomic E-state index is 0.0823. The number of aromatic amines is 2. The molecule has 7 rings (SSSR count). The number of aromatic nitrogens is 4. The van der Waals surface area contributed by atoms with Crippen molar-refractivity contribution in [2.45, 2.75) is 57.2 Å². The molecule has 12 heteroatoms. The van der Waals surface area contributed by atoms with Crippen molar-refractivity contribution in [2.75, 3.05) is 0 Å². The molecule has 2 aliphatic heterocycles. The molecule has 0 bridgehead atoms. The van der Waals surface area contributed by atoms with Crippen LogP contribution in [0.5, 0.6) is 0 Å². The molecule has 0 radical (unpaired) electrons. The molecule has 0 spiro atoms. The van der Waals surface area contributed by atoms with Gasteiger partial charge in [0, 0.05) is 12.8 Å². The quantitative estimate of drug-likeness (QED) is 0.217. The summed E-state index contributed by atoms with van der Waals surface area (Å²) < 4.78 is 5.45. The zero-order chi connectivity index (χ0) is 31.1. The number of hydrogen-bond acceptors (Lipinski definition) is 7. The number of carbonyl (C=O) groups is 4. The maximum Gasteiger partial charge on any atom is 0.417 e. The van der Waals surface area contributed by atoms with Crippen molar-refractivity contribution in [1.29, 1.82) is 0 Å². The first-order valence-corrected chi connectivity index (χ1v) is 14.9. The van der Waals surface area contributed by atoms with E-state index in [-0.39, 0.29) is 25.4 Å². The first kappa shape index (κ1) is 28.3. The number of likely N-dealkylation sites (tertiary alicyclic amines) is 2. The van der Waals surface area contributed by atoms with Gasteiger partial charge in [0.25, 0.3) is 0 Å². The summed E-state index contributed by atoms with van der Waals surface area (Å²) in [6.07, 6.45) is 0.855. The van der Waals surface area contributed by atoms with E-state index < -0.39 is 30.2 Å². The number of carboxylic acid groups (broad SMARTS) is 1. The smallest absolute Gasteiger partial charge is 0.417 e. The van der Waals surface area contributed by atoms with Gasteiger partial charge in [-0.15, -0.1) is 0 Å². The second kappa shape index (κ2) is 11.5. The molecule has 5 aromatic rings. The van der Waals surface area contributed by atoms with Gasteiger partial charge in [-0.25, -0.2) is 29.4 Å². The van der Waals surface area contributed by atoms with Crippen LogP contribution < -0.4 is 0 Å². The fourth-order valence-corrected chi connectivity index (χ4v) is 6.21. The standard InChI is InChI=1S/C33H30N6O6/c40-28-14-12-26(38(28)32(42)43)30-34-22-10-8-19(16-24(22)36-30)6-7-20-9-11-23-25(17-20)37-31(35-23)27-13-15-29(41)39(27)33(44)45-18-21-4-2-1-3-5-21/h1-5,8-11,16-17,26-27H,6-7,12-15,18H2,(H,34,36)(H,35,37)(H,42,43)/t26-,27-/m0/s1. The number of ether oxygens (including phenoxy) is 1. The molecule has 45 heavy (non-hydrogen) atoms. The molecule has 4 amide bonds. The van der Waals surface area contributed by atoms with Crippen molar-refractivity contribution >= 4 is 46.1 Å². The largest absolute Gasteiger partial charge is 0.465 e. The van der Waals surface area contributed by atoms with Crippen molar-refractivity contribution in [2.24, 2.45) is 0 Å². The van der Waals surface area contributed by atoms with Crippen LogP contribution in [0, 0.1) is 0 Å². The lowest BCUT2D eigenvalue weighted by molar-refractivity contribution is -0.128. The number of hydrogen-bond donors (Lipinski definition) is 3. The average Bonchev–Trinajstić information content (AvgIpc) is 3.83. The number of aryl methyl sites for hydroxylation is 2. The van der Waals surface area contributed by atoms with Crippen LogP contribution >= 0.6 is 0 Å². The second-order valence-electron chi connectivity index (χ2n) is 11.4. The van der Waals surface area contributed by atoms with E-state index in [1.807, 2.05) is 66.7 Å². The normalized spacial score (nSPS) is 18.4. The number of amides is 4. The fourth-order valence-electron chi connectivity index (χ4n) is 6.21. The van der Waals surface area contributed by atoms with Gasteiger partial charge in [-0.2, -0.15) is 0 Å². The molecule has 0 saturated carbocycles. The number of H-pyrrole nitrogens is 2. The van der Waals surface area contributed by atoms with E-state index in [1.165, 1.54) is 4.90 Å². The fraction of sp³-hybridized carbons (Fsp3) is 0.273. The van der Waals surface area contributed by atoms with Crippen LogP contribution in [0.1, 0.15) is 66.1 Å². The topological polar surface area (TPSA) is 162 Å². The molecule has 3 aromatic carbocycles. The summed E-state index contributed by atoms with van der Waals surface area (Å²) in [6.45, 7) is 0.0823. The Morgan fingerprint density at radius 1 is 0.756 bits per heavy atom.